The number of methoxy groups -OCH3 is 1. The van der Waals surface area contributed by atoms with Crippen molar-refractivity contribution in [2.75, 3.05) is 27.3 Å². The van der Waals surface area contributed by atoms with E-state index in [0.29, 0.717) is 18.2 Å². The molecule has 1 aromatic rings. The lowest BCUT2D eigenvalue weighted by Gasteiger charge is -2.12. The summed E-state index contributed by atoms with van der Waals surface area (Å²) in [5, 5.41) is 3.74. The van der Waals surface area contributed by atoms with Crippen LogP contribution in [0.3, 0.4) is 0 Å². The molecule has 0 bridgehead atoms. The van der Waals surface area contributed by atoms with E-state index in [1.807, 2.05) is 26.1 Å². The summed E-state index contributed by atoms with van der Waals surface area (Å²) in [7, 11) is 3.56. The lowest BCUT2D eigenvalue weighted by Crippen LogP contribution is -2.14. The van der Waals surface area contributed by atoms with Gasteiger partial charge in [0.25, 0.3) is 0 Å². The SMILES string of the molecule is CNCCOCc1cc(Cl)cc(C)c1OC. The van der Waals surface area contributed by atoms with Gasteiger partial charge in [-0.15, -0.1) is 0 Å². The quantitative estimate of drug-likeness (QED) is 0.779. The van der Waals surface area contributed by atoms with E-state index < -0.39 is 0 Å². The van der Waals surface area contributed by atoms with Crippen LogP contribution in [-0.2, 0) is 11.3 Å². The van der Waals surface area contributed by atoms with Crippen LogP contribution >= 0.6 is 11.6 Å². The van der Waals surface area contributed by atoms with Crippen molar-refractivity contribution in [3.8, 4) is 5.75 Å². The number of ether oxygens (including phenoxy) is 2. The van der Waals surface area contributed by atoms with Crippen LogP contribution in [0.25, 0.3) is 0 Å². The summed E-state index contributed by atoms with van der Waals surface area (Å²) in [6.45, 7) is 4.00. The third-order valence-electron chi connectivity index (χ3n) is 2.27. The first-order valence-electron chi connectivity index (χ1n) is 5.24. The number of halogens is 1. The molecular formula is C12H18ClNO2. The van der Waals surface area contributed by atoms with Crippen LogP contribution in [0.1, 0.15) is 11.1 Å². The van der Waals surface area contributed by atoms with Gasteiger partial charge in [0.15, 0.2) is 0 Å². The highest BCUT2D eigenvalue weighted by molar-refractivity contribution is 6.30. The van der Waals surface area contributed by atoms with Crippen molar-refractivity contribution in [1.82, 2.24) is 5.32 Å². The maximum atomic E-state index is 6.00. The highest BCUT2D eigenvalue weighted by atomic mass is 35.5. The summed E-state index contributed by atoms with van der Waals surface area (Å²) in [5.74, 6) is 0.855. The molecule has 0 aliphatic carbocycles. The molecule has 0 aliphatic heterocycles. The third kappa shape index (κ3) is 3.67. The molecule has 0 heterocycles. The molecule has 4 heteroatoms. The Morgan fingerprint density at radius 2 is 2.12 bits per heavy atom. The number of hydrogen-bond acceptors (Lipinski definition) is 3. The summed E-state index contributed by atoms with van der Waals surface area (Å²) in [6.07, 6.45) is 0. The van der Waals surface area contributed by atoms with Gasteiger partial charge in [0.1, 0.15) is 5.75 Å². The van der Waals surface area contributed by atoms with Crippen LogP contribution in [0.4, 0.5) is 0 Å². The molecule has 0 saturated carbocycles. The van der Waals surface area contributed by atoms with Gasteiger partial charge < -0.3 is 14.8 Å². The van der Waals surface area contributed by atoms with Crippen molar-refractivity contribution in [3.05, 3.63) is 28.3 Å². The standard InChI is InChI=1S/C12H18ClNO2/c1-9-6-11(13)7-10(12(9)15-3)8-16-5-4-14-2/h6-7,14H,4-5,8H2,1-3H3. The Morgan fingerprint density at radius 1 is 1.38 bits per heavy atom. The zero-order valence-electron chi connectivity index (χ0n) is 9.97. The van der Waals surface area contributed by atoms with Gasteiger partial charge in [-0.3, -0.25) is 0 Å². The maximum absolute atomic E-state index is 6.00. The second-order valence-electron chi connectivity index (χ2n) is 3.57. The molecule has 3 nitrogen and oxygen atoms in total. The van der Waals surface area contributed by atoms with E-state index in [0.717, 1.165) is 23.4 Å². The first-order valence-corrected chi connectivity index (χ1v) is 5.62. The van der Waals surface area contributed by atoms with E-state index >= 15 is 0 Å². The fourth-order valence-electron chi connectivity index (χ4n) is 1.55. The van der Waals surface area contributed by atoms with Crippen LogP contribution in [-0.4, -0.2) is 27.3 Å². The first-order chi connectivity index (χ1) is 7.69. The third-order valence-corrected chi connectivity index (χ3v) is 2.49. The lowest BCUT2D eigenvalue weighted by atomic mass is 10.1. The lowest BCUT2D eigenvalue weighted by molar-refractivity contribution is 0.122. The molecule has 0 aromatic heterocycles. The fourth-order valence-corrected chi connectivity index (χ4v) is 1.85. The minimum atomic E-state index is 0.520. The number of nitrogens with one attached hydrogen (secondary N) is 1. The maximum Gasteiger partial charge on any atom is 0.127 e. The molecule has 0 amide bonds. The minimum absolute atomic E-state index is 0.520. The largest absolute Gasteiger partial charge is 0.496 e. The van der Waals surface area contributed by atoms with E-state index in [9.17, 15) is 0 Å². The monoisotopic (exact) mass is 243 g/mol. The summed E-state index contributed by atoms with van der Waals surface area (Å²) in [5.41, 5.74) is 2.02. The molecule has 0 aliphatic rings. The number of rotatable bonds is 6. The molecular weight excluding hydrogens is 226 g/mol. The van der Waals surface area contributed by atoms with E-state index in [2.05, 4.69) is 5.32 Å². The van der Waals surface area contributed by atoms with Crippen LogP contribution in [0.15, 0.2) is 12.1 Å². The van der Waals surface area contributed by atoms with E-state index in [1.54, 1.807) is 7.11 Å². The number of hydrogen-bond donors (Lipinski definition) is 1. The van der Waals surface area contributed by atoms with Gasteiger partial charge in [0.2, 0.25) is 0 Å². The number of benzene rings is 1. The van der Waals surface area contributed by atoms with Crippen LogP contribution in [0, 0.1) is 6.92 Å². The van der Waals surface area contributed by atoms with Crippen molar-refractivity contribution in [3.63, 3.8) is 0 Å². The minimum Gasteiger partial charge on any atom is -0.496 e. The normalized spacial score (nSPS) is 10.5. The Morgan fingerprint density at radius 3 is 2.75 bits per heavy atom. The Kier molecular flexibility index (Phi) is 5.60. The molecule has 0 unspecified atom stereocenters. The molecule has 0 atom stereocenters. The zero-order chi connectivity index (χ0) is 12.0. The summed E-state index contributed by atoms with van der Waals surface area (Å²) >= 11 is 6.00. The second-order valence-corrected chi connectivity index (χ2v) is 4.01. The molecule has 16 heavy (non-hydrogen) atoms. The highest BCUT2D eigenvalue weighted by Gasteiger charge is 2.08. The van der Waals surface area contributed by atoms with Gasteiger partial charge >= 0.3 is 0 Å². The van der Waals surface area contributed by atoms with Crippen molar-refractivity contribution < 1.29 is 9.47 Å². The molecule has 0 spiro atoms. The Balaban J connectivity index is 2.69. The highest BCUT2D eigenvalue weighted by Crippen LogP contribution is 2.27. The molecule has 0 fully saturated rings. The Hall–Kier alpha value is -0.770. The van der Waals surface area contributed by atoms with Crippen molar-refractivity contribution in [1.29, 1.82) is 0 Å². The van der Waals surface area contributed by atoms with Crippen LogP contribution in [0.5, 0.6) is 5.75 Å². The topological polar surface area (TPSA) is 30.5 Å². The summed E-state index contributed by atoms with van der Waals surface area (Å²) < 4.78 is 10.8. The van der Waals surface area contributed by atoms with Gasteiger partial charge in [-0.2, -0.15) is 0 Å². The fraction of sp³-hybridized carbons (Fsp3) is 0.500. The first kappa shape index (κ1) is 13.3. The van der Waals surface area contributed by atoms with Gasteiger partial charge in [-0.25, -0.2) is 0 Å². The number of aryl methyl sites for hydroxylation is 1. The average Bonchev–Trinajstić information content (AvgIpc) is 2.24. The predicted octanol–water partition coefficient (Wildman–Crippen LogP) is 2.39. The summed E-state index contributed by atoms with van der Waals surface area (Å²) in [6, 6.07) is 3.77. The molecule has 1 N–H and O–H groups in total. The van der Waals surface area contributed by atoms with Gasteiger partial charge in [0.05, 0.1) is 20.3 Å². The molecule has 90 valence electrons. The van der Waals surface area contributed by atoms with Crippen molar-refractivity contribution in [2.24, 2.45) is 0 Å². The smallest absolute Gasteiger partial charge is 0.127 e. The van der Waals surface area contributed by atoms with Crippen LogP contribution in [0.2, 0.25) is 5.02 Å². The Labute approximate surface area is 102 Å². The van der Waals surface area contributed by atoms with E-state index in [-0.39, 0.29) is 0 Å². The number of likely N-dealkylation sites (N-methyl/N-ethyl adjacent to an activating group) is 1. The molecule has 1 aromatic carbocycles. The zero-order valence-corrected chi connectivity index (χ0v) is 10.7. The Bertz CT molecular complexity index is 342. The molecule has 0 saturated heterocycles. The molecule has 0 radical (unpaired) electrons. The molecule has 1 rings (SSSR count). The van der Waals surface area contributed by atoms with Crippen LogP contribution < -0.4 is 10.1 Å². The summed E-state index contributed by atoms with van der Waals surface area (Å²) in [4.78, 5) is 0. The van der Waals surface area contributed by atoms with Gasteiger partial charge in [-0.05, 0) is 31.7 Å². The van der Waals surface area contributed by atoms with E-state index in [4.69, 9.17) is 21.1 Å². The average molecular weight is 244 g/mol. The van der Waals surface area contributed by atoms with Crippen molar-refractivity contribution >= 4 is 11.6 Å². The van der Waals surface area contributed by atoms with E-state index in [1.165, 1.54) is 0 Å². The second kappa shape index (κ2) is 6.74. The van der Waals surface area contributed by atoms with Gasteiger partial charge in [0, 0.05) is 17.1 Å². The van der Waals surface area contributed by atoms with Crippen molar-refractivity contribution in [2.45, 2.75) is 13.5 Å². The van der Waals surface area contributed by atoms with Gasteiger partial charge in [-0.1, -0.05) is 11.6 Å². The predicted molar refractivity (Wildman–Crippen MR) is 66.3 cm³/mol.